The number of hydrogen-bond acceptors (Lipinski definition) is 4. The van der Waals surface area contributed by atoms with Crippen molar-refractivity contribution in [1.82, 2.24) is 15.1 Å². The van der Waals surface area contributed by atoms with Gasteiger partial charge in [-0.1, -0.05) is 18.5 Å². The molecule has 2 unspecified atom stereocenters. The Kier molecular flexibility index (Phi) is 6.86. The van der Waals surface area contributed by atoms with Crippen LogP contribution in [0.2, 0.25) is 5.02 Å². The van der Waals surface area contributed by atoms with Gasteiger partial charge in [0.05, 0.1) is 29.1 Å². The molecule has 2 atom stereocenters. The first kappa shape index (κ1) is 17.1. The van der Waals surface area contributed by atoms with Crippen LogP contribution in [0.4, 0.5) is 0 Å². The third-order valence-electron chi connectivity index (χ3n) is 3.81. The van der Waals surface area contributed by atoms with Gasteiger partial charge in [-0.3, -0.25) is 4.68 Å². The van der Waals surface area contributed by atoms with Crippen molar-refractivity contribution in [3.8, 4) is 0 Å². The van der Waals surface area contributed by atoms with Crippen molar-refractivity contribution in [3.63, 3.8) is 0 Å². The van der Waals surface area contributed by atoms with Crippen molar-refractivity contribution < 1.29 is 4.74 Å². The highest BCUT2D eigenvalue weighted by Crippen LogP contribution is 2.24. The Morgan fingerprint density at radius 2 is 2.33 bits per heavy atom. The predicted octanol–water partition coefficient (Wildman–Crippen LogP) is 2.91. The van der Waals surface area contributed by atoms with Crippen LogP contribution in [0.1, 0.15) is 31.7 Å². The Labute approximate surface area is 137 Å². The van der Waals surface area contributed by atoms with Crippen molar-refractivity contribution in [2.24, 2.45) is 0 Å². The van der Waals surface area contributed by atoms with Crippen molar-refractivity contribution in [2.75, 3.05) is 24.7 Å². The number of ether oxygens (including phenoxy) is 1. The van der Waals surface area contributed by atoms with Gasteiger partial charge in [0.1, 0.15) is 0 Å². The molecule has 1 N–H and O–H groups in total. The molecule has 0 bridgehead atoms. The van der Waals surface area contributed by atoms with Gasteiger partial charge in [0.15, 0.2) is 0 Å². The highest BCUT2D eigenvalue weighted by atomic mass is 35.5. The zero-order valence-electron chi connectivity index (χ0n) is 13.2. The van der Waals surface area contributed by atoms with E-state index in [0.717, 1.165) is 60.5 Å². The van der Waals surface area contributed by atoms with E-state index in [-0.39, 0.29) is 6.10 Å². The number of hydrogen-bond donors (Lipinski definition) is 1. The third kappa shape index (κ3) is 4.38. The lowest BCUT2D eigenvalue weighted by molar-refractivity contribution is 0.0467. The zero-order chi connectivity index (χ0) is 15.2. The number of aromatic nitrogens is 2. The van der Waals surface area contributed by atoms with Gasteiger partial charge in [0.2, 0.25) is 0 Å². The minimum Gasteiger partial charge on any atom is -0.375 e. The first-order valence-corrected chi connectivity index (χ1v) is 9.35. The Morgan fingerprint density at radius 3 is 2.95 bits per heavy atom. The quantitative estimate of drug-likeness (QED) is 0.834. The van der Waals surface area contributed by atoms with Gasteiger partial charge < -0.3 is 10.1 Å². The van der Waals surface area contributed by atoms with Crippen molar-refractivity contribution >= 4 is 23.4 Å². The van der Waals surface area contributed by atoms with E-state index in [1.165, 1.54) is 0 Å². The third-order valence-corrected chi connectivity index (χ3v) is 5.32. The van der Waals surface area contributed by atoms with Gasteiger partial charge in [0, 0.05) is 30.5 Å². The maximum absolute atomic E-state index is 6.45. The number of rotatable bonds is 7. The number of halogens is 1. The number of aryl methyl sites for hydroxylation is 2. The predicted molar refractivity (Wildman–Crippen MR) is 90.5 cm³/mol. The fraction of sp³-hybridized carbons (Fsp3) is 0.800. The van der Waals surface area contributed by atoms with Crippen LogP contribution in [0.5, 0.6) is 0 Å². The first-order valence-electron chi connectivity index (χ1n) is 7.81. The minimum atomic E-state index is 0.256. The van der Waals surface area contributed by atoms with Crippen LogP contribution in [0, 0.1) is 6.92 Å². The SMILES string of the molecule is CCCNC(Cc1c(Cl)c(C)nn1CC)C1CSCCO1. The molecule has 0 radical (unpaired) electrons. The maximum Gasteiger partial charge on any atom is 0.0847 e. The van der Waals surface area contributed by atoms with E-state index < -0.39 is 0 Å². The lowest BCUT2D eigenvalue weighted by atomic mass is 10.1. The molecule has 0 aromatic carbocycles. The molecule has 0 aliphatic carbocycles. The van der Waals surface area contributed by atoms with Gasteiger partial charge in [-0.25, -0.2) is 0 Å². The van der Waals surface area contributed by atoms with E-state index >= 15 is 0 Å². The van der Waals surface area contributed by atoms with Crippen LogP contribution in [0.3, 0.4) is 0 Å². The summed E-state index contributed by atoms with van der Waals surface area (Å²) in [7, 11) is 0. The van der Waals surface area contributed by atoms with Gasteiger partial charge >= 0.3 is 0 Å². The number of nitrogens with zero attached hydrogens (tertiary/aromatic N) is 2. The van der Waals surface area contributed by atoms with E-state index in [1.54, 1.807) is 0 Å². The number of nitrogens with one attached hydrogen (secondary N) is 1. The van der Waals surface area contributed by atoms with Crippen LogP contribution in [-0.2, 0) is 17.7 Å². The molecule has 2 rings (SSSR count). The normalized spacial score (nSPS) is 20.7. The Balaban J connectivity index is 2.13. The second-order valence-electron chi connectivity index (χ2n) is 5.41. The molecule has 1 aromatic rings. The molecule has 1 saturated heterocycles. The molecule has 0 spiro atoms. The van der Waals surface area contributed by atoms with E-state index in [4.69, 9.17) is 16.3 Å². The summed E-state index contributed by atoms with van der Waals surface area (Å²) in [6.07, 6.45) is 2.25. The van der Waals surface area contributed by atoms with Gasteiger partial charge in [-0.05, 0) is 26.8 Å². The lowest BCUT2D eigenvalue weighted by Crippen LogP contribution is -2.46. The molecule has 1 aromatic heterocycles. The van der Waals surface area contributed by atoms with Crippen LogP contribution < -0.4 is 5.32 Å². The molecule has 6 heteroatoms. The van der Waals surface area contributed by atoms with E-state index in [2.05, 4.69) is 24.3 Å². The van der Waals surface area contributed by atoms with E-state index in [9.17, 15) is 0 Å². The highest BCUT2D eigenvalue weighted by Gasteiger charge is 2.27. The molecule has 1 fully saturated rings. The molecular weight excluding hydrogens is 306 g/mol. The second kappa shape index (κ2) is 8.42. The molecule has 0 amide bonds. The van der Waals surface area contributed by atoms with E-state index in [0.29, 0.717) is 6.04 Å². The number of thioether (sulfide) groups is 1. The molecule has 21 heavy (non-hydrogen) atoms. The van der Waals surface area contributed by atoms with Crippen LogP contribution in [-0.4, -0.2) is 46.6 Å². The summed E-state index contributed by atoms with van der Waals surface area (Å²) in [5, 5.41) is 8.96. The molecule has 2 heterocycles. The average Bonchev–Trinajstić information content (AvgIpc) is 2.79. The van der Waals surface area contributed by atoms with Gasteiger partial charge in [-0.15, -0.1) is 0 Å². The fourth-order valence-corrected chi connectivity index (χ4v) is 3.83. The van der Waals surface area contributed by atoms with Crippen molar-refractivity contribution in [3.05, 3.63) is 16.4 Å². The largest absolute Gasteiger partial charge is 0.375 e. The highest BCUT2D eigenvalue weighted by molar-refractivity contribution is 7.99. The summed E-state index contributed by atoms with van der Waals surface area (Å²) in [6, 6.07) is 0.302. The van der Waals surface area contributed by atoms with Crippen molar-refractivity contribution in [2.45, 2.75) is 52.3 Å². The summed E-state index contributed by atoms with van der Waals surface area (Å²) in [5.41, 5.74) is 2.05. The molecule has 0 saturated carbocycles. The second-order valence-corrected chi connectivity index (χ2v) is 6.94. The Hall–Kier alpha value is -0.230. The van der Waals surface area contributed by atoms with Crippen LogP contribution >= 0.6 is 23.4 Å². The monoisotopic (exact) mass is 331 g/mol. The molecule has 4 nitrogen and oxygen atoms in total. The molecular formula is C15H26ClN3OS. The summed E-state index contributed by atoms with van der Waals surface area (Å²) in [6.45, 7) is 8.97. The smallest absolute Gasteiger partial charge is 0.0847 e. The Morgan fingerprint density at radius 1 is 1.52 bits per heavy atom. The van der Waals surface area contributed by atoms with Crippen molar-refractivity contribution in [1.29, 1.82) is 0 Å². The average molecular weight is 332 g/mol. The zero-order valence-corrected chi connectivity index (χ0v) is 14.8. The molecule has 120 valence electrons. The van der Waals surface area contributed by atoms with Crippen LogP contribution in [0.15, 0.2) is 0 Å². The maximum atomic E-state index is 6.45. The fourth-order valence-electron chi connectivity index (χ4n) is 2.68. The first-order chi connectivity index (χ1) is 10.2. The summed E-state index contributed by atoms with van der Waals surface area (Å²) in [5.74, 6) is 2.15. The lowest BCUT2D eigenvalue weighted by Gasteiger charge is -2.31. The summed E-state index contributed by atoms with van der Waals surface area (Å²) >= 11 is 8.43. The minimum absolute atomic E-state index is 0.256. The van der Waals surface area contributed by atoms with Crippen LogP contribution in [0.25, 0.3) is 0 Å². The molecule has 1 aliphatic rings. The van der Waals surface area contributed by atoms with Gasteiger partial charge in [-0.2, -0.15) is 16.9 Å². The molecule has 1 aliphatic heterocycles. The van der Waals surface area contributed by atoms with E-state index in [1.807, 2.05) is 23.4 Å². The topological polar surface area (TPSA) is 39.1 Å². The standard InChI is InChI=1S/C15H26ClN3OS/c1-4-6-17-12(14-10-21-8-7-20-14)9-13-15(16)11(3)18-19(13)5-2/h12,14,17H,4-10H2,1-3H3. The van der Waals surface area contributed by atoms with Gasteiger partial charge in [0.25, 0.3) is 0 Å². The summed E-state index contributed by atoms with van der Waals surface area (Å²) in [4.78, 5) is 0. The Bertz CT molecular complexity index is 446. The summed E-state index contributed by atoms with van der Waals surface area (Å²) < 4.78 is 8.00.